The van der Waals surface area contributed by atoms with Gasteiger partial charge in [-0.1, -0.05) is 23.2 Å². The van der Waals surface area contributed by atoms with E-state index in [1.165, 1.54) is 0 Å². The second-order valence-corrected chi connectivity index (χ2v) is 6.69. The number of carbonyl (C=O) groups excluding carboxylic acids is 1. The van der Waals surface area contributed by atoms with Gasteiger partial charge in [-0.3, -0.25) is 4.79 Å². The summed E-state index contributed by atoms with van der Waals surface area (Å²) in [7, 11) is 0. The first-order valence-corrected chi connectivity index (χ1v) is 7.94. The van der Waals surface area contributed by atoms with Crippen LogP contribution in [-0.2, 0) is 0 Å². The molecule has 0 bridgehead atoms. The Morgan fingerprint density at radius 1 is 1.05 bits per heavy atom. The molecule has 1 N–H and O–H groups in total. The molecule has 0 unspecified atom stereocenters. The van der Waals surface area contributed by atoms with E-state index in [9.17, 15) is 4.79 Å². The van der Waals surface area contributed by atoms with Crippen LogP contribution in [0.3, 0.4) is 0 Å². The molecule has 0 saturated heterocycles. The van der Waals surface area contributed by atoms with Gasteiger partial charge in [0.05, 0.1) is 10.7 Å². The first kappa shape index (κ1) is 15.8. The number of hydrogen-bond donors (Lipinski definition) is 1. The molecule has 1 amide bonds. The van der Waals surface area contributed by atoms with E-state index in [0.29, 0.717) is 21.3 Å². The van der Waals surface area contributed by atoms with Crippen LogP contribution in [0.5, 0.6) is 0 Å². The fourth-order valence-electron chi connectivity index (χ4n) is 1.57. The predicted octanol–water partition coefficient (Wildman–Crippen LogP) is 6.08. The molecule has 2 aromatic carbocycles. The maximum absolute atomic E-state index is 12.2. The maximum atomic E-state index is 12.2. The van der Waals surface area contributed by atoms with Crippen molar-refractivity contribution in [1.29, 1.82) is 0 Å². The van der Waals surface area contributed by atoms with E-state index in [4.69, 9.17) is 23.2 Å². The van der Waals surface area contributed by atoms with Crippen molar-refractivity contribution in [2.24, 2.45) is 0 Å². The van der Waals surface area contributed by atoms with Crippen LogP contribution in [0.4, 0.5) is 5.69 Å². The zero-order chi connectivity index (χ0) is 14.9. The van der Waals surface area contributed by atoms with Crippen molar-refractivity contribution in [3.63, 3.8) is 0 Å². The van der Waals surface area contributed by atoms with Gasteiger partial charge in [-0.25, -0.2) is 0 Å². The van der Waals surface area contributed by atoms with E-state index in [1.807, 2.05) is 13.0 Å². The van der Waals surface area contributed by atoms with E-state index >= 15 is 0 Å². The van der Waals surface area contributed by atoms with Crippen LogP contribution in [0.2, 0.25) is 10.0 Å². The summed E-state index contributed by atoms with van der Waals surface area (Å²) in [6.45, 7) is 1.90. The van der Waals surface area contributed by atoms with E-state index in [0.717, 1.165) is 14.5 Å². The Labute approximate surface area is 143 Å². The molecule has 0 radical (unpaired) electrons. The molecule has 2 nitrogen and oxygen atoms in total. The molecule has 0 heterocycles. The van der Waals surface area contributed by atoms with Crippen LogP contribution in [0, 0.1) is 6.92 Å². The Morgan fingerprint density at radius 2 is 1.75 bits per heavy atom. The minimum atomic E-state index is -0.250. The molecule has 0 aliphatic heterocycles. The minimum Gasteiger partial charge on any atom is -0.321 e. The molecule has 0 atom stereocenters. The predicted molar refractivity (Wildman–Crippen MR) is 91.0 cm³/mol. The van der Waals surface area contributed by atoms with Crippen molar-refractivity contribution in [2.75, 3.05) is 5.32 Å². The van der Waals surface area contributed by atoms with E-state index in [2.05, 4.69) is 37.2 Å². The summed E-state index contributed by atoms with van der Waals surface area (Å²) in [4.78, 5) is 12.2. The van der Waals surface area contributed by atoms with Gasteiger partial charge in [0, 0.05) is 19.5 Å². The molecule has 0 aliphatic carbocycles. The Hall–Kier alpha value is -0.550. The SMILES string of the molecule is Cc1cc(Br)c(NC(=O)c2ccc(Br)c(Cl)c2)cc1Cl. The topological polar surface area (TPSA) is 29.1 Å². The third kappa shape index (κ3) is 3.55. The lowest BCUT2D eigenvalue weighted by Crippen LogP contribution is -2.12. The molecule has 2 rings (SSSR count). The number of nitrogens with one attached hydrogen (secondary N) is 1. The minimum absolute atomic E-state index is 0.250. The van der Waals surface area contributed by atoms with Crippen molar-refractivity contribution >= 4 is 66.7 Å². The molecule has 0 saturated carbocycles. The summed E-state index contributed by atoms with van der Waals surface area (Å²) < 4.78 is 1.52. The lowest BCUT2D eigenvalue weighted by Gasteiger charge is -2.10. The largest absolute Gasteiger partial charge is 0.321 e. The average molecular weight is 438 g/mol. The Kier molecular flexibility index (Phi) is 5.13. The second-order valence-electron chi connectivity index (χ2n) is 4.16. The summed E-state index contributed by atoms with van der Waals surface area (Å²) >= 11 is 18.7. The molecular weight excluding hydrogens is 429 g/mol. The molecule has 0 aliphatic rings. The fraction of sp³-hybridized carbons (Fsp3) is 0.0714. The van der Waals surface area contributed by atoms with Crippen LogP contribution in [-0.4, -0.2) is 5.91 Å². The quantitative estimate of drug-likeness (QED) is 0.606. The maximum Gasteiger partial charge on any atom is 0.255 e. The Balaban J connectivity index is 2.27. The van der Waals surface area contributed by atoms with Gasteiger partial charge >= 0.3 is 0 Å². The number of anilines is 1. The molecule has 20 heavy (non-hydrogen) atoms. The highest BCUT2D eigenvalue weighted by molar-refractivity contribution is 9.11. The van der Waals surface area contributed by atoms with Crippen LogP contribution in [0.25, 0.3) is 0 Å². The van der Waals surface area contributed by atoms with Gasteiger partial charge in [-0.15, -0.1) is 0 Å². The first-order chi connectivity index (χ1) is 9.38. The summed E-state index contributed by atoms with van der Waals surface area (Å²) in [5, 5.41) is 3.88. The zero-order valence-corrected chi connectivity index (χ0v) is 15.0. The van der Waals surface area contributed by atoms with Crippen LogP contribution < -0.4 is 5.32 Å². The molecule has 104 valence electrons. The van der Waals surface area contributed by atoms with Gasteiger partial charge in [0.2, 0.25) is 0 Å². The summed E-state index contributed by atoms with van der Waals surface area (Å²) in [5.41, 5.74) is 2.02. The van der Waals surface area contributed by atoms with Crippen molar-refractivity contribution in [2.45, 2.75) is 6.92 Å². The van der Waals surface area contributed by atoms with Crippen LogP contribution in [0.15, 0.2) is 39.3 Å². The molecule has 0 spiro atoms. The summed E-state index contributed by atoms with van der Waals surface area (Å²) in [5.74, 6) is -0.250. The molecular formula is C14H9Br2Cl2NO. The average Bonchev–Trinajstić information content (AvgIpc) is 2.39. The normalized spacial score (nSPS) is 10.4. The second kappa shape index (κ2) is 6.48. The van der Waals surface area contributed by atoms with E-state index < -0.39 is 0 Å². The van der Waals surface area contributed by atoms with Gasteiger partial charge in [0.25, 0.3) is 5.91 Å². The van der Waals surface area contributed by atoms with Gasteiger partial charge in [0.1, 0.15) is 0 Å². The molecule has 2 aromatic rings. The number of rotatable bonds is 2. The summed E-state index contributed by atoms with van der Waals surface area (Å²) in [6, 6.07) is 8.58. The molecule has 0 fully saturated rings. The molecule has 0 aromatic heterocycles. The van der Waals surface area contributed by atoms with Gasteiger partial charge in [-0.05, 0) is 74.7 Å². The number of halogens is 4. The monoisotopic (exact) mass is 435 g/mol. The number of benzene rings is 2. The lowest BCUT2D eigenvalue weighted by atomic mass is 10.2. The van der Waals surface area contributed by atoms with Crippen molar-refractivity contribution < 1.29 is 4.79 Å². The summed E-state index contributed by atoms with van der Waals surface area (Å²) in [6.07, 6.45) is 0. The highest BCUT2D eigenvalue weighted by Crippen LogP contribution is 2.30. The number of aryl methyl sites for hydroxylation is 1. The number of carbonyl (C=O) groups is 1. The Morgan fingerprint density at radius 3 is 2.40 bits per heavy atom. The Bertz CT molecular complexity index is 689. The van der Waals surface area contributed by atoms with Crippen LogP contribution in [0.1, 0.15) is 15.9 Å². The lowest BCUT2D eigenvalue weighted by molar-refractivity contribution is 0.102. The van der Waals surface area contributed by atoms with E-state index in [1.54, 1.807) is 24.3 Å². The fourth-order valence-corrected chi connectivity index (χ4v) is 2.72. The van der Waals surface area contributed by atoms with Gasteiger partial charge < -0.3 is 5.32 Å². The number of amides is 1. The van der Waals surface area contributed by atoms with Gasteiger partial charge in [0.15, 0.2) is 0 Å². The number of hydrogen-bond acceptors (Lipinski definition) is 1. The van der Waals surface area contributed by atoms with E-state index in [-0.39, 0.29) is 5.91 Å². The highest BCUT2D eigenvalue weighted by atomic mass is 79.9. The third-order valence-corrected chi connectivity index (χ3v) is 4.97. The molecule has 6 heteroatoms. The van der Waals surface area contributed by atoms with Crippen molar-refractivity contribution in [1.82, 2.24) is 0 Å². The van der Waals surface area contributed by atoms with Crippen molar-refractivity contribution in [3.05, 3.63) is 60.4 Å². The standard InChI is InChI=1S/C14H9Br2Cl2NO/c1-7-4-10(16)13(6-11(7)17)19-14(20)8-2-3-9(15)12(18)5-8/h2-6H,1H3,(H,19,20). The van der Waals surface area contributed by atoms with Gasteiger partial charge in [-0.2, -0.15) is 0 Å². The first-order valence-electron chi connectivity index (χ1n) is 5.60. The third-order valence-electron chi connectivity index (χ3n) is 2.68. The highest BCUT2D eigenvalue weighted by Gasteiger charge is 2.11. The smallest absolute Gasteiger partial charge is 0.255 e. The zero-order valence-electron chi connectivity index (χ0n) is 10.3. The van der Waals surface area contributed by atoms with Crippen LogP contribution >= 0.6 is 55.1 Å². The van der Waals surface area contributed by atoms with Crippen molar-refractivity contribution in [3.8, 4) is 0 Å².